The fourth-order valence-electron chi connectivity index (χ4n) is 2.32. The molecule has 2 atom stereocenters. The minimum Gasteiger partial charge on any atom is -0.316 e. The molecule has 0 aromatic rings. The summed E-state index contributed by atoms with van der Waals surface area (Å²) < 4.78 is 26.2. The molecule has 0 bridgehead atoms. The van der Waals surface area contributed by atoms with Gasteiger partial charge in [0, 0.05) is 18.9 Å². The highest BCUT2D eigenvalue weighted by atomic mass is 19.3. The Kier molecular flexibility index (Phi) is 1.63. The van der Waals surface area contributed by atoms with Crippen LogP contribution in [0.5, 0.6) is 0 Å². The van der Waals surface area contributed by atoms with Crippen molar-refractivity contribution >= 4 is 0 Å². The van der Waals surface area contributed by atoms with Gasteiger partial charge in [0.1, 0.15) is 0 Å². The van der Waals surface area contributed by atoms with Crippen LogP contribution in [0.25, 0.3) is 0 Å². The Labute approximate surface area is 65.2 Å². The van der Waals surface area contributed by atoms with E-state index in [1.165, 1.54) is 0 Å². The van der Waals surface area contributed by atoms with E-state index < -0.39 is 5.92 Å². The van der Waals surface area contributed by atoms with Crippen molar-refractivity contribution in [3.8, 4) is 0 Å². The lowest BCUT2D eigenvalue weighted by molar-refractivity contribution is -0.0932. The topological polar surface area (TPSA) is 12.0 Å². The fraction of sp³-hybridized carbons (Fsp3) is 1.00. The smallest absolute Gasteiger partial charge is 0.252 e. The summed E-state index contributed by atoms with van der Waals surface area (Å²) in [5.41, 5.74) is 0. The van der Waals surface area contributed by atoms with Crippen LogP contribution in [0.2, 0.25) is 0 Å². The fourth-order valence-corrected chi connectivity index (χ4v) is 2.32. The van der Waals surface area contributed by atoms with Gasteiger partial charge in [-0.15, -0.1) is 0 Å². The first-order chi connectivity index (χ1) is 5.20. The minimum absolute atomic E-state index is 0.107. The van der Waals surface area contributed by atoms with E-state index in [1.807, 2.05) is 0 Å². The molecule has 1 saturated carbocycles. The summed E-state index contributed by atoms with van der Waals surface area (Å²) >= 11 is 0. The zero-order valence-electron chi connectivity index (χ0n) is 6.45. The molecule has 1 saturated heterocycles. The highest BCUT2D eigenvalue weighted by Gasteiger charge is 2.48. The molecule has 1 aliphatic heterocycles. The molecule has 1 nitrogen and oxygen atoms in total. The van der Waals surface area contributed by atoms with Crippen LogP contribution in [0.4, 0.5) is 8.78 Å². The third-order valence-corrected chi connectivity index (χ3v) is 2.97. The number of hydrogen-bond acceptors (Lipinski definition) is 1. The predicted octanol–water partition coefficient (Wildman–Crippen LogP) is 1.64. The maximum atomic E-state index is 13.1. The van der Waals surface area contributed by atoms with E-state index in [1.54, 1.807) is 0 Å². The standard InChI is InChI=1S/C8H13F2N/c9-8(10)3-1-2-6-4-11-5-7(6)8/h6-7,11H,1-5H2/t6-,7-/m1/s1. The third kappa shape index (κ3) is 1.15. The average Bonchev–Trinajstić information content (AvgIpc) is 2.34. The number of rotatable bonds is 0. The summed E-state index contributed by atoms with van der Waals surface area (Å²) in [7, 11) is 0. The van der Waals surface area contributed by atoms with E-state index in [0.717, 1.165) is 13.0 Å². The number of hydrogen-bond donors (Lipinski definition) is 1. The van der Waals surface area contributed by atoms with E-state index in [2.05, 4.69) is 5.32 Å². The van der Waals surface area contributed by atoms with Gasteiger partial charge in [-0.1, -0.05) is 0 Å². The largest absolute Gasteiger partial charge is 0.316 e. The van der Waals surface area contributed by atoms with Gasteiger partial charge in [0.2, 0.25) is 0 Å². The molecule has 0 radical (unpaired) electrons. The Morgan fingerprint density at radius 1 is 1.27 bits per heavy atom. The lowest BCUT2D eigenvalue weighted by Crippen LogP contribution is -2.37. The van der Waals surface area contributed by atoms with Crippen LogP contribution in [0.1, 0.15) is 19.3 Å². The highest BCUT2D eigenvalue weighted by molar-refractivity contribution is 4.93. The second kappa shape index (κ2) is 2.41. The van der Waals surface area contributed by atoms with Crippen LogP contribution < -0.4 is 5.32 Å². The molecule has 2 aliphatic rings. The van der Waals surface area contributed by atoms with Crippen molar-refractivity contribution in [1.29, 1.82) is 0 Å². The molecule has 11 heavy (non-hydrogen) atoms. The van der Waals surface area contributed by atoms with E-state index in [9.17, 15) is 8.78 Å². The Morgan fingerprint density at radius 2 is 2.09 bits per heavy atom. The summed E-state index contributed by atoms with van der Waals surface area (Å²) in [5.74, 6) is -2.50. The first kappa shape index (κ1) is 7.47. The van der Waals surface area contributed by atoms with Crippen molar-refractivity contribution < 1.29 is 8.78 Å². The van der Waals surface area contributed by atoms with E-state index >= 15 is 0 Å². The average molecular weight is 161 g/mol. The van der Waals surface area contributed by atoms with E-state index in [4.69, 9.17) is 0 Å². The number of fused-ring (bicyclic) bond motifs is 1. The Morgan fingerprint density at radius 3 is 2.82 bits per heavy atom. The predicted molar refractivity (Wildman–Crippen MR) is 38.6 cm³/mol. The molecule has 0 aromatic carbocycles. The zero-order valence-corrected chi connectivity index (χ0v) is 6.45. The van der Waals surface area contributed by atoms with Gasteiger partial charge < -0.3 is 5.32 Å². The molecule has 3 heteroatoms. The molecule has 0 spiro atoms. The molecular weight excluding hydrogens is 148 g/mol. The van der Waals surface area contributed by atoms with Crippen LogP contribution in [0.15, 0.2) is 0 Å². The van der Waals surface area contributed by atoms with Gasteiger partial charge in [0.15, 0.2) is 0 Å². The van der Waals surface area contributed by atoms with Gasteiger partial charge in [0.25, 0.3) is 5.92 Å². The second-order valence-corrected chi connectivity index (χ2v) is 3.68. The molecule has 0 unspecified atom stereocenters. The van der Waals surface area contributed by atoms with Gasteiger partial charge in [-0.05, 0) is 25.3 Å². The summed E-state index contributed by atoms with van der Waals surface area (Å²) in [6, 6.07) is 0. The number of nitrogens with one attached hydrogen (secondary N) is 1. The summed E-state index contributed by atoms with van der Waals surface area (Å²) in [5, 5.41) is 3.04. The molecule has 0 amide bonds. The normalized spacial score (nSPS) is 42.0. The molecular formula is C8H13F2N. The van der Waals surface area contributed by atoms with Crippen molar-refractivity contribution in [2.24, 2.45) is 11.8 Å². The van der Waals surface area contributed by atoms with Crippen molar-refractivity contribution in [2.75, 3.05) is 13.1 Å². The first-order valence-corrected chi connectivity index (χ1v) is 4.29. The zero-order chi connectivity index (χ0) is 7.90. The third-order valence-electron chi connectivity index (χ3n) is 2.97. The van der Waals surface area contributed by atoms with Crippen LogP contribution in [-0.2, 0) is 0 Å². The molecule has 64 valence electrons. The molecule has 1 N–H and O–H groups in total. The summed E-state index contributed by atoms with van der Waals surface area (Å²) in [6.45, 7) is 1.33. The first-order valence-electron chi connectivity index (χ1n) is 4.29. The van der Waals surface area contributed by atoms with E-state index in [0.29, 0.717) is 13.0 Å². The molecule has 2 fully saturated rings. The molecule has 1 heterocycles. The van der Waals surface area contributed by atoms with Crippen LogP contribution in [0, 0.1) is 11.8 Å². The SMILES string of the molecule is FC1(F)CCC[C@@H]2CNC[C@H]21. The van der Waals surface area contributed by atoms with Gasteiger partial charge in [0.05, 0.1) is 0 Å². The van der Waals surface area contributed by atoms with Crippen LogP contribution >= 0.6 is 0 Å². The van der Waals surface area contributed by atoms with Crippen molar-refractivity contribution in [2.45, 2.75) is 25.2 Å². The number of halogens is 2. The number of alkyl halides is 2. The van der Waals surface area contributed by atoms with Gasteiger partial charge in [-0.25, -0.2) is 8.78 Å². The van der Waals surface area contributed by atoms with Crippen LogP contribution in [-0.4, -0.2) is 19.0 Å². The maximum absolute atomic E-state index is 13.1. The van der Waals surface area contributed by atoms with Gasteiger partial charge in [-0.2, -0.15) is 0 Å². The summed E-state index contributed by atoms with van der Waals surface area (Å²) in [4.78, 5) is 0. The second-order valence-electron chi connectivity index (χ2n) is 3.68. The molecule has 2 rings (SSSR count). The quantitative estimate of drug-likeness (QED) is 0.569. The van der Waals surface area contributed by atoms with Crippen molar-refractivity contribution in [1.82, 2.24) is 5.32 Å². The maximum Gasteiger partial charge on any atom is 0.252 e. The Balaban J connectivity index is 2.13. The Bertz CT molecular complexity index is 158. The van der Waals surface area contributed by atoms with Gasteiger partial charge >= 0.3 is 0 Å². The minimum atomic E-state index is -2.38. The van der Waals surface area contributed by atoms with Crippen LogP contribution in [0.3, 0.4) is 0 Å². The van der Waals surface area contributed by atoms with Crippen molar-refractivity contribution in [3.63, 3.8) is 0 Å². The van der Waals surface area contributed by atoms with Gasteiger partial charge in [-0.3, -0.25) is 0 Å². The molecule has 1 aliphatic carbocycles. The highest BCUT2D eigenvalue weighted by Crippen LogP contribution is 2.43. The Hall–Kier alpha value is -0.180. The monoisotopic (exact) mass is 161 g/mol. The summed E-state index contributed by atoms with van der Waals surface area (Å²) in [6.07, 6.45) is 1.80. The molecule has 0 aromatic heterocycles. The lowest BCUT2D eigenvalue weighted by Gasteiger charge is -2.32. The van der Waals surface area contributed by atoms with E-state index in [-0.39, 0.29) is 18.3 Å². The van der Waals surface area contributed by atoms with Crippen molar-refractivity contribution in [3.05, 3.63) is 0 Å². The lowest BCUT2D eigenvalue weighted by atomic mass is 9.79.